The number of hydrogen-bond acceptors (Lipinski definition) is 7. The molecular weight excluding hydrogens is 363 g/mol. The molecule has 0 fully saturated rings. The van der Waals surface area contributed by atoms with E-state index >= 15 is 0 Å². The van der Waals surface area contributed by atoms with Crippen LogP contribution in [-0.4, -0.2) is 34.3 Å². The first kappa shape index (κ1) is 20.0. The number of hydrazone groups is 1. The molecule has 0 aliphatic carbocycles. The summed E-state index contributed by atoms with van der Waals surface area (Å²) in [5.41, 5.74) is -0.186. The Hall–Kier alpha value is -3.30. The molecule has 0 aliphatic heterocycles. The van der Waals surface area contributed by atoms with Crippen molar-refractivity contribution in [3.8, 4) is 6.01 Å². The lowest BCUT2D eigenvalue weighted by Crippen LogP contribution is -2.16. The second kappa shape index (κ2) is 8.39. The van der Waals surface area contributed by atoms with Gasteiger partial charge in [0.25, 0.3) is 5.92 Å². The number of benzene rings is 1. The van der Waals surface area contributed by atoms with Crippen LogP contribution in [0.2, 0.25) is 0 Å². The molecule has 0 spiro atoms. The molecule has 2 rings (SSSR count). The van der Waals surface area contributed by atoms with Crippen LogP contribution in [0.3, 0.4) is 0 Å². The van der Waals surface area contributed by atoms with Crippen molar-refractivity contribution in [1.29, 1.82) is 0 Å². The van der Waals surface area contributed by atoms with Crippen LogP contribution in [0.1, 0.15) is 29.8 Å². The van der Waals surface area contributed by atoms with E-state index in [0.717, 1.165) is 12.1 Å². The zero-order valence-corrected chi connectivity index (χ0v) is 14.5. The van der Waals surface area contributed by atoms with E-state index in [1.165, 1.54) is 31.6 Å². The normalized spacial score (nSPS) is 12.4. The summed E-state index contributed by atoms with van der Waals surface area (Å²) in [4.78, 5) is 22.8. The third-order valence-electron chi connectivity index (χ3n) is 3.34. The van der Waals surface area contributed by atoms with Crippen molar-refractivity contribution in [2.75, 3.05) is 6.61 Å². The molecular formula is C17H16F3N5O2. The Morgan fingerprint density at radius 1 is 1.33 bits per heavy atom. The summed E-state index contributed by atoms with van der Waals surface area (Å²) >= 11 is 0. The molecule has 27 heavy (non-hydrogen) atoms. The van der Waals surface area contributed by atoms with Gasteiger partial charge in [0.05, 0.1) is 23.0 Å². The van der Waals surface area contributed by atoms with Gasteiger partial charge in [0.1, 0.15) is 18.1 Å². The van der Waals surface area contributed by atoms with Crippen LogP contribution < -0.4 is 10.6 Å². The molecule has 0 amide bonds. The third-order valence-corrected chi connectivity index (χ3v) is 3.34. The van der Waals surface area contributed by atoms with Gasteiger partial charge in [-0.25, -0.2) is 23.1 Å². The molecule has 0 bridgehead atoms. The van der Waals surface area contributed by atoms with Crippen LogP contribution in [0, 0.1) is 5.82 Å². The first-order valence-electron chi connectivity index (χ1n) is 7.65. The van der Waals surface area contributed by atoms with Crippen LogP contribution in [-0.2, 0) is 5.92 Å². The third kappa shape index (κ3) is 5.59. The average molecular weight is 379 g/mol. The van der Waals surface area contributed by atoms with Gasteiger partial charge < -0.3 is 10.6 Å². The Bertz CT molecular complexity index is 877. The monoisotopic (exact) mass is 379 g/mol. The standard InChI is InChI=1S/C17H16F3N5O2/c1-10(26)11-6-23-16(24-7-11)27-9-13(25-21)8-22-12-3-4-15(18)14(5-12)17(2,19)20/h3-8H,9,21H2,1-2H3. The van der Waals surface area contributed by atoms with Crippen molar-refractivity contribution in [3.63, 3.8) is 0 Å². The highest BCUT2D eigenvalue weighted by Gasteiger charge is 2.28. The number of carbonyl (C=O) groups is 1. The number of aromatic nitrogens is 2. The number of halogens is 3. The predicted octanol–water partition coefficient (Wildman–Crippen LogP) is 3.03. The van der Waals surface area contributed by atoms with E-state index in [1.807, 2.05) is 0 Å². The number of ketones is 1. The molecule has 142 valence electrons. The maximum Gasteiger partial charge on any atom is 0.316 e. The molecule has 0 atom stereocenters. The lowest BCUT2D eigenvalue weighted by atomic mass is 10.1. The smallest absolute Gasteiger partial charge is 0.316 e. The minimum atomic E-state index is -3.34. The van der Waals surface area contributed by atoms with E-state index < -0.39 is 17.3 Å². The summed E-state index contributed by atoms with van der Waals surface area (Å²) in [5.74, 6) is 0.689. The number of nitrogens with two attached hydrogens (primary N) is 1. The van der Waals surface area contributed by atoms with Crippen molar-refractivity contribution in [1.82, 2.24) is 9.97 Å². The number of hydrogen-bond donors (Lipinski definition) is 1. The van der Waals surface area contributed by atoms with Crippen molar-refractivity contribution in [2.45, 2.75) is 19.8 Å². The van der Waals surface area contributed by atoms with Crippen molar-refractivity contribution >= 4 is 23.4 Å². The van der Waals surface area contributed by atoms with Gasteiger partial charge in [-0.2, -0.15) is 5.10 Å². The molecule has 0 saturated heterocycles. The van der Waals surface area contributed by atoms with E-state index in [2.05, 4.69) is 20.1 Å². The number of rotatable bonds is 7. The SMILES string of the molecule is CC(=O)c1cnc(OCC(C=Nc2ccc(F)c(C(C)(F)F)c2)=NN)nc1. The van der Waals surface area contributed by atoms with Crippen molar-refractivity contribution in [2.24, 2.45) is 15.9 Å². The average Bonchev–Trinajstić information content (AvgIpc) is 2.62. The molecule has 7 nitrogen and oxygen atoms in total. The lowest BCUT2D eigenvalue weighted by Gasteiger charge is -2.11. The number of Topliss-reactive ketones (excluding diaryl/α,β-unsaturated/α-hetero) is 1. The Morgan fingerprint density at radius 3 is 2.56 bits per heavy atom. The molecule has 0 unspecified atom stereocenters. The fraction of sp³-hybridized carbons (Fsp3) is 0.235. The van der Waals surface area contributed by atoms with Gasteiger partial charge in [-0.05, 0) is 25.1 Å². The molecule has 0 aliphatic rings. The number of carbonyl (C=O) groups excluding carboxylic acids is 1. The first-order valence-corrected chi connectivity index (χ1v) is 7.65. The Kier molecular flexibility index (Phi) is 6.22. The van der Waals surface area contributed by atoms with Crippen LogP contribution in [0.5, 0.6) is 6.01 Å². The summed E-state index contributed by atoms with van der Waals surface area (Å²) in [6.07, 6.45) is 3.81. The maximum atomic E-state index is 13.5. The van der Waals surface area contributed by atoms with Crippen LogP contribution >= 0.6 is 0 Å². The highest BCUT2D eigenvalue weighted by atomic mass is 19.3. The highest BCUT2D eigenvalue weighted by molar-refractivity contribution is 6.31. The molecule has 1 aromatic heterocycles. The molecule has 2 N–H and O–H groups in total. The summed E-state index contributed by atoms with van der Waals surface area (Å²) in [7, 11) is 0. The second-order valence-electron chi connectivity index (χ2n) is 5.53. The number of alkyl halides is 2. The highest BCUT2D eigenvalue weighted by Crippen LogP contribution is 2.31. The van der Waals surface area contributed by atoms with Gasteiger partial charge in [0.15, 0.2) is 5.78 Å². The van der Waals surface area contributed by atoms with Crippen LogP contribution in [0.25, 0.3) is 0 Å². The fourth-order valence-corrected chi connectivity index (χ4v) is 1.90. The molecule has 0 saturated carbocycles. The molecule has 10 heteroatoms. The summed E-state index contributed by atoms with van der Waals surface area (Å²) < 4.78 is 45.5. The molecule has 1 heterocycles. The summed E-state index contributed by atoms with van der Waals surface area (Å²) in [6, 6.07) is 3.06. The van der Waals surface area contributed by atoms with Crippen LogP contribution in [0.4, 0.5) is 18.9 Å². The summed E-state index contributed by atoms with van der Waals surface area (Å²) in [6.45, 7) is 1.82. The van der Waals surface area contributed by atoms with E-state index in [9.17, 15) is 18.0 Å². The van der Waals surface area contributed by atoms with E-state index in [4.69, 9.17) is 10.6 Å². The van der Waals surface area contributed by atoms with Gasteiger partial charge in [-0.15, -0.1) is 0 Å². The number of ether oxygens (including phenoxy) is 1. The van der Waals surface area contributed by atoms with Gasteiger partial charge in [-0.3, -0.25) is 9.79 Å². The van der Waals surface area contributed by atoms with Gasteiger partial charge in [0, 0.05) is 19.3 Å². The first-order chi connectivity index (χ1) is 12.7. The Morgan fingerprint density at radius 2 is 2.00 bits per heavy atom. The molecule has 2 aromatic rings. The topological polar surface area (TPSA) is 103 Å². The second-order valence-corrected chi connectivity index (χ2v) is 5.53. The zero-order chi connectivity index (χ0) is 20.0. The maximum absolute atomic E-state index is 13.5. The van der Waals surface area contributed by atoms with E-state index in [-0.39, 0.29) is 29.8 Å². The van der Waals surface area contributed by atoms with Gasteiger partial charge >= 0.3 is 6.01 Å². The summed E-state index contributed by atoms with van der Waals surface area (Å²) in [5, 5.41) is 3.46. The van der Waals surface area contributed by atoms with E-state index in [0.29, 0.717) is 12.5 Å². The predicted molar refractivity (Wildman–Crippen MR) is 93.3 cm³/mol. The minimum Gasteiger partial charge on any atom is -0.457 e. The quantitative estimate of drug-likeness (QED) is 0.345. The molecule has 1 aromatic carbocycles. The van der Waals surface area contributed by atoms with Gasteiger partial charge in [0.2, 0.25) is 0 Å². The zero-order valence-electron chi connectivity index (χ0n) is 14.5. The lowest BCUT2D eigenvalue weighted by molar-refractivity contribution is 0.0138. The van der Waals surface area contributed by atoms with Crippen LogP contribution in [0.15, 0.2) is 40.7 Å². The largest absolute Gasteiger partial charge is 0.457 e. The van der Waals surface area contributed by atoms with Crippen molar-refractivity contribution in [3.05, 3.63) is 47.5 Å². The van der Waals surface area contributed by atoms with E-state index in [1.54, 1.807) is 0 Å². The number of nitrogens with zero attached hydrogens (tertiary/aromatic N) is 4. The Labute approximate surface area is 152 Å². The van der Waals surface area contributed by atoms with Crippen molar-refractivity contribution < 1.29 is 22.7 Å². The van der Waals surface area contributed by atoms with Gasteiger partial charge in [-0.1, -0.05) is 0 Å². The minimum absolute atomic E-state index is 0.00996. The Balaban J connectivity index is 2.05. The fourth-order valence-electron chi connectivity index (χ4n) is 1.90. The number of aliphatic imine (C=N–C) groups is 1. The molecule has 0 radical (unpaired) electrons.